The summed E-state index contributed by atoms with van der Waals surface area (Å²) in [7, 11) is 0. The summed E-state index contributed by atoms with van der Waals surface area (Å²) in [6, 6.07) is 7.71. The fourth-order valence-electron chi connectivity index (χ4n) is 4.34. The SMILES string of the molecule is NC(=O)c1cnccc1N(N)C1=C(OCCS)CN=C(C(N)C2=C(NCc3ccccc3F)CCC2)N1. The van der Waals surface area contributed by atoms with E-state index >= 15 is 0 Å². The third-order valence-electron chi connectivity index (χ3n) is 6.22. The second-order valence-electron chi connectivity index (χ2n) is 8.58. The fraction of sp³-hybridized carbons (Fsp3) is 0.320. The molecule has 0 fully saturated rings. The van der Waals surface area contributed by atoms with E-state index in [-0.39, 0.29) is 17.9 Å². The van der Waals surface area contributed by atoms with Gasteiger partial charge in [-0.2, -0.15) is 12.6 Å². The zero-order valence-corrected chi connectivity index (χ0v) is 21.2. The van der Waals surface area contributed by atoms with E-state index in [2.05, 4.69) is 33.2 Å². The quantitative estimate of drug-likeness (QED) is 0.147. The highest BCUT2D eigenvalue weighted by Crippen LogP contribution is 2.29. The van der Waals surface area contributed by atoms with Crippen molar-refractivity contribution in [3.05, 3.63) is 82.5 Å². The van der Waals surface area contributed by atoms with E-state index in [1.54, 1.807) is 18.2 Å². The average Bonchev–Trinajstić information content (AvgIpc) is 3.39. The average molecular weight is 527 g/mol. The number of primary amides is 1. The van der Waals surface area contributed by atoms with Crippen LogP contribution in [0.1, 0.15) is 35.2 Å². The number of rotatable bonds is 11. The molecule has 0 saturated carbocycles. The summed E-state index contributed by atoms with van der Waals surface area (Å²) < 4.78 is 19.9. The van der Waals surface area contributed by atoms with E-state index < -0.39 is 11.9 Å². The Labute approximate surface area is 220 Å². The molecular weight excluding hydrogens is 495 g/mol. The molecule has 2 aliphatic rings. The predicted octanol–water partition coefficient (Wildman–Crippen LogP) is 1.67. The summed E-state index contributed by atoms with van der Waals surface area (Å²) in [6.07, 6.45) is 5.39. The van der Waals surface area contributed by atoms with Crippen molar-refractivity contribution >= 4 is 30.1 Å². The zero-order chi connectivity index (χ0) is 26.4. The van der Waals surface area contributed by atoms with Gasteiger partial charge in [-0.25, -0.2) is 10.2 Å². The number of aromatic nitrogens is 1. The largest absolute Gasteiger partial charge is 0.491 e. The van der Waals surface area contributed by atoms with Crippen molar-refractivity contribution in [1.29, 1.82) is 0 Å². The van der Waals surface area contributed by atoms with E-state index in [4.69, 9.17) is 22.0 Å². The third-order valence-corrected chi connectivity index (χ3v) is 6.40. The summed E-state index contributed by atoms with van der Waals surface area (Å²) in [5.74, 6) is 7.39. The van der Waals surface area contributed by atoms with Crippen LogP contribution in [0.4, 0.5) is 10.1 Å². The minimum atomic E-state index is -0.667. The van der Waals surface area contributed by atoms with Crippen molar-refractivity contribution < 1.29 is 13.9 Å². The lowest BCUT2D eigenvalue weighted by atomic mass is 10.0. The summed E-state index contributed by atoms with van der Waals surface area (Å²) in [6.45, 7) is 0.886. The second kappa shape index (κ2) is 12.1. The summed E-state index contributed by atoms with van der Waals surface area (Å²) in [5, 5.41) is 7.87. The van der Waals surface area contributed by atoms with Gasteiger partial charge in [0, 0.05) is 36.0 Å². The number of ether oxygens (including phenoxy) is 1. The highest BCUT2D eigenvalue weighted by Gasteiger charge is 2.30. The number of hydrazine groups is 1. The molecule has 0 radical (unpaired) electrons. The van der Waals surface area contributed by atoms with Crippen LogP contribution in [0, 0.1) is 5.82 Å². The number of nitrogens with zero attached hydrogens (tertiary/aromatic N) is 3. The topological polar surface area (TPSA) is 157 Å². The highest BCUT2D eigenvalue weighted by atomic mass is 32.1. The Bertz CT molecular complexity index is 1250. The van der Waals surface area contributed by atoms with Crippen LogP contribution < -0.4 is 33.0 Å². The van der Waals surface area contributed by atoms with Crippen molar-refractivity contribution in [3.8, 4) is 0 Å². The van der Waals surface area contributed by atoms with Crippen LogP contribution in [-0.2, 0) is 11.3 Å². The van der Waals surface area contributed by atoms with Gasteiger partial charge < -0.3 is 26.8 Å². The molecule has 10 nitrogen and oxygen atoms in total. The lowest BCUT2D eigenvalue weighted by molar-refractivity contribution is 0.100. The van der Waals surface area contributed by atoms with Crippen LogP contribution in [-0.4, -0.2) is 41.7 Å². The van der Waals surface area contributed by atoms with Crippen molar-refractivity contribution in [2.45, 2.75) is 31.8 Å². The van der Waals surface area contributed by atoms with Crippen molar-refractivity contribution in [2.24, 2.45) is 22.3 Å². The summed E-state index contributed by atoms with van der Waals surface area (Å²) in [4.78, 5) is 20.6. The van der Waals surface area contributed by atoms with Gasteiger partial charge in [0.15, 0.2) is 11.6 Å². The number of nitrogens with two attached hydrogens (primary N) is 3. The molecule has 37 heavy (non-hydrogen) atoms. The molecule has 2 aromatic rings. The number of amides is 1. The number of carbonyl (C=O) groups is 1. The van der Waals surface area contributed by atoms with Crippen LogP contribution in [0.2, 0.25) is 0 Å². The molecule has 12 heteroatoms. The Kier molecular flexibility index (Phi) is 8.64. The van der Waals surface area contributed by atoms with Gasteiger partial charge in [0.2, 0.25) is 0 Å². The van der Waals surface area contributed by atoms with Gasteiger partial charge in [-0.15, -0.1) is 0 Å². The molecule has 1 amide bonds. The minimum absolute atomic E-state index is 0.152. The molecule has 196 valence electrons. The Balaban J connectivity index is 1.57. The monoisotopic (exact) mass is 526 g/mol. The number of nitrogens with one attached hydrogen (secondary N) is 2. The smallest absolute Gasteiger partial charge is 0.252 e. The molecule has 0 spiro atoms. The molecule has 1 aliphatic carbocycles. The first-order valence-electron chi connectivity index (χ1n) is 11.9. The van der Waals surface area contributed by atoms with Crippen molar-refractivity contribution in [3.63, 3.8) is 0 Å². The van der Waals surface area contributed by atoms with E-state index in [0.717, 1.165) is 30.5 Å². The van der Waals surface area contributed by atoms with Gasteiger partial charge in [0.25, 0.3) is 5.91 Å². The van der Waals surface area contributed by atoms with Crippen LogP contribution in [0.15, 0.2) is 70.6 Å². The summed E-state index contributed by atoms with van der Waals surface area (Å²) in [5.41, 5.74) is 15.3. The lowest BCUT2D eigenvalue weighted by Crippen LogP contribution is -2.50. The standard InChI is InChI=1S/C25H31FN8O2S/c26-18-6-2-1-4-15(18)12-31-19-7-3-5-16(19)22(27)24-32-14-21(36-10-11-37)25(33-24)34(29)20-8-9-30-13-17(20)23(28)35/h1-2,4,6,8-9,13,22,31,37H,3,5,7,10-12,14,27,29H2,(H2,28,35)(H,32,33). The number of aliphatic imine (C=N–C) groups is 1. The zero-order valence-electron chi connectivity index (χ0n) is 20.3. The maximum absolute atomic E-state index is 14.1. The minimum Gasteiger partial charge on any atom is -0.491 e. The van der Waals surface area contributed by atoms with Crippen molar-refractivity contribution in [1.82, 2.24) is 15.6 Å². The van der Waals surface area contributed by atoms with Crippen LogP contribution in [0.5, 0.6) is 0 Å². The van der Waals surface area contributed by atoms with Crippen LogP contribution in [0.25, 0.3) is 0 Å². The molecular formula is C25H31FN8O2S. The first kappa shape index (κ1) is 26.5. The number of pyridine rings is 1. The molecule has 1 atom stereocenters. The van der Waals surface area contributed by atoms with Gasteiger partial charge in [-0.3, -0.25) is 19.8 Å². The van der Waals surface area contributed by atoms with E-state index in [1.165, 1.54) is 23.5 Å². The number of halogens is 1. The van der Waals surface area contributed by atoms with Gasteiger partial charge in [0.1, 0.15) is 18.2 Å². The molecule has 4 rings (SSSR count). The summed E-state index contributed by atoms with van der Waals surface area (Å²) >= 11 is 4.21. The number of allylic oxidation sites excluding steroid dienone is 1. The van der Waals surface area contributed by atoms with Gasteiger partial charge in [0.05, 0.1) is 23.9 Å². The van der Waals surface area contributed by atoms with Gasteiger partial charge in [-0.05, 0) is 37.0 Å². The molecule has 8 N–H and O–H groups in total. The van der Waals surface area contributed by atoms with Gasteiger partial charge >= 0.3 is 0 Å². The first-order chi connectivity index (χ1) is 17.9. The van der Waals surface area contributed by atoms with Crippen molar-refractivity contribution in [2.75, 3.05) is 23.9 Å². The predicted molar refractivity (Wildman–Crippen MR) is 144 cm³/mol. The number of hydrogen-bond acceptors (Lipinski definition) is 10. The van der Waals surface area contributed by atoms with Gasteiger partial charge in [-0.1, -0.05) is 18.2 Å². The number of amidine groups is 1. The first-order valence-corrected chi connectivity index (χ1v) is 12.6. The molecule has 1 aromatic carbocycles. The molecule has 1 aromatic heterocycles. The van der Waals surface area contributed by atoms with E-state index in [9.17, 15) is 9.18 Å². The number of anilines is 1. The van der Waals surface area contributed by atoms with Crippen LogP contribution in [0.3, 0.4) is 0 Å². The molecule has 0 saturated heterocycles. The Morgan fingerprint density at radius 1 is 1.30 bits per heavy atom. The maximum Gasteiger partial charge on any atom is 0.252 e. The molecule has 2 heterocycles. The van der Waals surface area contributed by atoms with Crippen LogP contribution >= 0.6 is 12.6 Å². The second-order valence-corrected chi connectivity index (χ2v) is 9.02. The number of benzene rings is 1. The number of hydrogen-bond donors (Lipinski definition) is 6. The molecule has 1 aliphatic heterocycles. The van der Waals surface area contributed by atoms with E-state index in [0.29, 0.717) is 47.6 Å². The number of thiol groups is 1. The normalized spacial score (nSPS) is 16.3. The highest BCUT2D eigenvalue weighted by molar-refractivity contribution is 7.80. The Morgan fingerprint density at radius 3 is 2.86 bits per heavy atom. The van der Waals surface area contributed by atoms with E-state index in [1.807, 2.05) is 6.07 Å². The third kappa shape index (κ3) is 6.04. The number of carbonyl (C=O) groups excluding carboxylic acids is 1. The Hall–Kier alpha value is -3.61. The fourth-order valence-corrected chi connectivity index (χ4v) is 4.44. The molecule has 0 bridgehead atoms. The maximum atomic E-state index is 14.1. The Morgan fingerprint density at radius 2 is 2.11 bits per heavy atom. The molecule has 1 unspecified atom stereocenters. The lowest BCUT2D eigenvalue weighted by Gasteiger charge is -2.31.